The number of hydrogen-bond donors (Lipinski definition) is 1. The first-order valence-electron chi connectivity index (χ1n) is 8.87. The van der Waals surface area contributed by atoms with Crippen molar-refractivity contribution < 1.29 is 14.3 Å². The number of nitriles is 1. The van der Waals surface area contributed by atoms with Crippen LogP contribution in [0.4, 0.5) is 9.18 Å². The highest BCUT2D eigenvalue weighted by Gasteiger charge is 2.39. The summed E-state index contributed by atoms with van der Waals surface area (Å²) in [5, 5.41) is 18.9. The van der Waals surface area contributed by atoms with Crippen molar-refractivity contribution in [3.05, 3.63) is 35.9 Å². The van der Waals surface area contributed by atoms with Crippen LogP contribution in [0.3, 0.4) is 0 Å². The van der Waals surface area contributed by atoms with E-state index >= 15 is 0 Å². The standard InChI is InChI=1S/C19H24FN3O2/c20-16-12-22(10-11-23(13-16)18(24)25)17-6-8-19(14-21,9-7-17)15-4-2-1-3-5-15/h1-5,16-17H,6-13H2,(H,24,25). The Labute approximate surface area is 147 Å². The molecule has 1 aromatic carbocycles. The van der Waals surface area contributed by atoms with E-state index in [-0.39, 0.29) is 19.1 Å². The van der Waals surface area contributed by atoms with Crippen LogP contribution in [0.15, 0.2) is 30.3 Å². The Morgan fingerprint density at radius 1 is 1.20 bits per heavy atom. The summed E-state index contributed by atoms with van der Waals surface area (Å²) in [5.74, 6) is 0. The molecule has 1 atom stereocenters. The molecule has 6 heteroatoms. The third-order valence-electron chi connectivity index (χ3n) is 5.64. The second-order valence-electron chi connectivity index (χ2n) is 7.11. The van der Waals surface area contributed by atoms with Crippen LogP contribution in [0, 0.1) is 11.3 Å². The van der Waals surface area contributed by atoms with E-state index < -0.39 is 17.7 Å². The molecule has 1 saturated carbocycles. The van der Waals surface area contributed by atoms with Crippen molar-refractivity contribution >= 4 is 6.09 Å². The van der Waals surface area contributed by atoms with Gasteiger partial charge in [0, 0.05) is 25.7 Å². The Hall–Kier alpha value is -2.13. The first-order valence-corrected chi connectivity index (χ1v) is 8.87. The molecule has 134 valence electrons. The highest BCUT2D eigenvalue weighted by molar-refractivity contribution is 5.65. The second kappa shape index (κ2) is 7.40. The Kier molecular flexibility index (Phi) is 5.24. The van der Waals surface area contributed by atoms with Crippen molar-refractivity contribution in [3.63, 3.8) is 0 Å². The molecule has 1 N–H and O–H groups in total. The molecule has 2 aliphatic rings. The van der Waals surface area contributed by atoms with Crippen molar-refractivity contribution in [1.82, 2.24) is 9.80 Å². The summed E-state index contributed by atoms with van der Waals surface area (Å²) in [6, 6.07) is 12.6. The zero-order chi connectivity index (χ0) is 17.9. The molecule has 25 heavy (non-hydrogen) atoms. The van der Waals surface area contributed by atoms with E-state index in [1.807, 2.05) is 30.3 Å². The maximum atomic E-state index is 14.1. The number of carboxylic acid groups (broad SMARTS) is 1. The predicted molar refractivity (Wildman–Crippen MR) is 92.1 cm³/mol. The van der Waals surface area contributed by atoms with Crippen molar-refractivity contribution in [2.75, 3.05) is 26.2 Å². The van der Waals surface area contributed by atoms with Gasteiger partial charge in [0.1, 0.15) is 6.17 Å². The molecule has 0 radical (unpaired) electrons. The van der Waals surface area contributed by atoms with Gasteiger partial charge in [0.05, 0.1) is 18.0 Å². The smallest absolute Gasteiger partial charge is 0.407 e. The van der Waals surface area contributed by atoms with Gasteiger partial charge in [-0.25, -0.2) is 9.18 Å². The van der Waals surface area contributed by atoms with Crippen LogP contribution in [0.1, 0.15) is 31.2 Å². The lowest BCUT2D eigenvalue weighted by Crippen LogP contribution is -2.44. The minimum Gasteiger partial charge on any atom is -0.465 e. The van der Waals surface area contributed by atoms with Crippen LogP contribution in [0.5, 0.6) is 0 Å². The highest BCUT2D eigenvalue weighted by Crippen LogP contribution is 2.40. The molecule has 1 aliphatic heterocycles. The molecule has 0 aromatic heterocycles. The summed E-state index contributed by atoms with van der Waals surface area (Å²) >= 11 is 0. The average Bonchev–Trinajstić information content (AvgIpc) is 2.84. The number of benzene rings is 1. The third-order valence-corrected chi connectivity index (χ3v) is 5.64. The quantitative estimate of drug-likeness (QED) is 0.895. The predicted octanol–water partition coefficient (Wildman–Crippen LogP) is 3.02. The van der Waals surface area contributed by atoms with Gasteiger partial charge >= 0.3 is 6.09 Å². The first-order chi connectivity index (χ1) is 12.0. The molecular weight excluding hydrogens is 321 g/mol. The van der Waals surface area contributed by atoms with E-state index in [9.17, 15) is 14.4 Å². The molecule has 1 aliphatic carbocycles. The van der Waals surface area contributed by atoms with E-state index in [0.29, 0.717) is 13.1 Å². The fourth-order valence-corrected chi connectivity index (χ4v) is 4.17. The van der Waals surface area contributed by atoms with Crippen LogP contribution in [-0.2, 0) is 5.41 Å². The topological polar surface area (TPSA) is 67.6 Å². The highest BCUT2D eigenvalue weighted by atomic mass is 19.1. The fourth-order valence-electron chi connectivity index (χ4n) is 4.17. The Bertz CT molecular complexity index is 638. The van der Waals surface area contributed by atoms with Crippen molar-refractivity contribution in [2.24, 2.45) is 0 Å². The molecule has 0 bridgehead atoms. The van der Waals surface area contributed by atoms with Crippen LogP contribution < -0.4 is 0 Å². The largest absolute Gasteiger partial charge is 0.465 e. The van der Waals surface area contributed by atoms with Gasteiger partial charge in [-0.05, 0) is 31.2 Å². The first kappa shape index (κ1) is 17.7. The second-order valence-corrected chi connectivity index (χ2v) is 7.11. The lowest BCUT2D eigenvalue weighted by Gasteiger charge is -2.40. The minimum atomic E-state index is -1.16. The third kappa shape index (κ3) is 3.77. The molecule has 3 rings (SSSR count). The number of carbonyl (C=O) groups is 1. The van der Waals surface area contributed by atoms with Gasteiger partial charge < -0.3 is 10.0 Å². The van der Waals surface area contributed by atoms with E-state index in [0.717, 1.165) is 36.1 Å². The van der Waals surface area contributed by atoms with Crippen LogP contribution >= 0.6 is 0 Å². The molecule has 1 saturated heterocycles. The molecule has 1 aromatic rings. The average molecular weight is 345 g/mol. The van der Waals surface area contributed by atoms with E-state index in [4.69, 9.17) is 5.11 Å². The summed E-state index contributed by atoms with van der Waals surface area (Å²) in [6.45, 7) is 1.13. The minimum absolute atomic E-state index is 0.0509. The Balaban J connectivity index is 1.66. The molecule has 2 fully saturated rings. The van der Waals surface area contributed by atoms with Crippen LogP contribution in [0.25, 0.3) is 0 Å². The molecule has 0 spiro atoms. The SMILES string of the molecule is N#CC1(c2ccccc2)CCC(N2CCN(C(=O)O)CC(F)C2)CC1. The monoisotopic (exact) mass is 345 g/mol. The number of nitrogens with zero attached hydrogens (tertiary/aromatic N) is 3. The van der Waals surface area contributed by atoms with E-state index in [1.54, 1.807) is 0 Å². The van der Waals surface area contributed by atoms with Gasteiger partial charge in [0.15, 0.2) is 0 Å². The van der Waals surface area contributed by atoms with Gasteiger partial charge in [0.2, 0.25) is 0 Å². The number of rotatable bonds is 2. The van der Waals surface area contributed by atoms with E-state index in [1.165, 1.54) is 0 Å². The maximum absolute atomic E-state index is 14.1. The fraction of sp³-hybridized carbons (Fsp3) is 0.579. The van der Waals surface area contributed by atoms with Crippen LogP contribution in [0.2, 0.25) is 0 Å². The van der Waals surface area contributed by atoms with Crippen molar-refractivity contribution in [3.8, 4) is 6.07 Å². The van der Waals surface area contributed by atoms with Gasteiger partial charge in [-0.2, -0.15) is 5.26 Å². The summed E-state index contributed by atoms with van der Waals surface area (Å²) in [4.78, 5) is 14.4. The molecule has 1 heterocycles. The lowest BCUT2D eigenvalue weighted by atomic mass is 9.69. The zero-order valence-electron chi connectivity index (χ0n) is 14.3. The van der Waals surface area contributed by atoms with Gasteiger partial charge in [-0.15, -0.1) is 0 Å². The lowest BCUT2D eigenvalue weighted by molar-refractivity contribution is 0.119. The maximum Gasteiger partial charge on any atom is 0.407 e. The number of hydrogen-bond acceptors (Lipinski definition) is 3. The summed E-state index contributed by atoms with van der Waals surface area (Å²) in [6.07, 6.45) is 0.976. The number of halogens is 1. The molecular formula is C19H24FN3O2. The Morgan fingerprint density at radius 2 is 1.88 bits per heavy atom. The zero-order valence-corrected chi connectivity index (χ0v) is 14.3. The van der Waals surface area contributed by atoms with Crippen LogP contribution in [-0.4, -0.2) is 59.4 Å². The van der Waals surface area contributed by atoms with Crippen molar-refractivity contribution in [2.45, 2.75) is 43.3 Å². The van der Waals surface area contributed by atoms with Gasteiger partial charge in [0.25, 0.3) is 0 Å². The normalized spacial score (nSPS) is 31.1. The summed E-state index contributed by atoms with van der Waals surface area (Å²) in [7, 11) is 0. The molecule has 1 amide bonds. The van der Waals surface area contributed by atoms with Crippen molar-refractivity contribution in [1.29, 1.82) is 5.26 Å². The summed E-state index contributed by atoms with van der Waals surface area (Å²) < 4.78 is 14.1. The summed E-state index contributed by atoms with van der Waals surface area (Å²) in [5.41, 5.74) is 0.610. The number of alkyl halides is 1. The Morgan fingerprint density at radius 3 is 2.48 bits per heavy atom. The van der Waals surface area contributed by atoms with Gasteiger partial charge in [-0.3, -0.25) is 4.90 Å². The molecule has 1 unspecified atom stereocenters. The van der Waals surface area contributed by atoms with Gasteiger partial charge in [-0.1, -0.05) is 30.3 Å². The molecule has 5 nitrogen and oxygen atoms in total. The number of amides is 1. The van der Waals surface area contributed by atoms with E-state index in [2.05, 4.69) is 11.0 Å².